The lowest BCUT2D eigenvalue weighted by atomic mass is 10.0. The summed E-state index contributed by atoms with van der Waals surface area (Å²) in [7, 11) is 0. The highest BCUT2D eigenvalue weighted by atomic mass is 32.1. The number of thiazole rings is 1. The number of carbonyl (C=O) groups excluding carboxylic acids is 1. The number of carbonyl (C=O) groups is 1. The molecular weight excluding hydrogens is 332 g/mol. The molecule has 2 heterocycles. The van der Waals surface area contributed by atoms with E-state index in [2.05, 4.69) is 17.2 Å². The maximum Gasteiger partial charge on any atom is 0.281 e. The fraction of sp³-hybridized carbons (Fsp3) is 0.412. The monoisotopic (exact) mass is 352 g/mol. The van der Waals surface area contributed by atoms with Gasteiger partial charge in [-0.25, -0.2) is 13.8 Å². The minimum Gasteiger partial charge on any atom is -0.327 e. The molecule has 2 N–H and O–H groups in total. The summed E-state index contributed by atoms with van der Waals surface area (Å²) in [6.45, 7) is 4.69. The third-order valence-electron chi connectivity index (χ3n) is 4.24. The molecule has 3 rings (SSSR count). The molecule has 7 heteroatoms. The molecule has 1 aliphatic rings. The number of rotatable bonds is 4. The van der Waals surface area contributed by atoms with Crippen LogP contribution in [0.5, 0.6) is 0 Å². The fourth-order valence-corrected chi connectivity index (χ4v) is 3.80. The number of hydrogen-bond acceptors (Lipinski definition) is 3. The molecule has 1 saturated heterocycles. The number of amides is 1. The van der Waals surface area contributed by atoms with Crippen molar-refractivity contribution in [3.63, 3.8) is 0 Å². The van der Waals surface area contributed by atoms with Gasteiger partial charge in [-0.15, -0.1) is 11.3 Å². The first kappa shape index (κ1) is 17.0. The third-order valence-corrected chi connectivity index (χ3v) is 5.00. The van der Waals surface area contributed by atoms with Crippen LogP contribution in [0.1, 0.15) is 19.8 Å². The van der Waals surface area contributed by atoms with E-state index in [9.17, 15) is 13.6 Å². The van der Waals surface area contributed by atoms with Gasteiger partial charge in [0.1, 0.15) is 0 Å². The number of quaternary nitrogens is 1. The smallest absolute Gasteiger partial charge is 0.281 e. The second-order valence-electron chi connectivity index (χ2n) is 6.34. The molecule has 128 valence electrons. The van der Waals surface area contributed by atoms with Crippen LogP contribution in [0.4, 0.5) is 13.9 Å². The molecule has 0 aliphatic carbocycles. The number of piperidine rings is 1. The molecule has 2 aromatic rings. The van der Waals surface area contributed by atoms with Gasteiger partial charge in [-0.3, -0.25) is 10.1 Å². The highest BCUT2D eigenvalue weighted by Gasteiger charge is 2.22. The molecule has 1 fully saturated rings. The molecular formula is C17H20F2N3OS+. The zero-order valence-corrected chi connectivity index (χ0v) is 14.3. The van der Waals surface area contributed by atoms with Crippen molar-refractivity contribution < 1.29 is 18.5 Å². The van der Waals surface area contributed by atoms with Gasteiger partial charge >= 0.3 is 0 Å². The Morgan fingerprint density at radius 1 is 1.42 bits per heavy atom. The Morgan fingerprint density at radius 2 is 2.25 bits per heavy atom. The average Bonchev–Trinajstić information content (AvgIpc) is 2.98. The maximum absolute atomic E-state index is 13.3. The van der Waals surface area contributed by atoms with Gasteiger partial charge in [-0.05, 0) is 31.0 Å². The summed E-state index contributed by atoms with van der Waals surface area (Å²) in [5, 5.41) is 5.00. The number of benzene rings is 1. The van der Waals surface area contributed by atoms with Crippen LogP contribution in [0.2, 0.25) is 0 Å². The molecule has 24 heavy (non-hydrogen) atoms. The van der Waals surface area contributed by atoms with Crippen LogP contribution in [0.25, 0.3) is 11.3 Å². The fourth-order valence-electron chi connectivity index (χ4n) is 3.07. The Morgan fingerprint density at radius 3 is 3.00 bits per heavy atom. The van der Waals surface area contributed by atoms with Crippen molar-refractivity contribution in [1.29, 1.82) is 0 Å². The van der Waals surface area contributed by atoms with Gasteiger partial charge < -0.3 is 4.90 Å². The molecule has 0 bridgehead atoms. The quantitative estimate of drug-likeness (QED) is 0.887. The van der Waals surface area contributed by atoms with Gasteiger partial charge in [-0.1, -0.05) is 6.92 Å². The van der Waals surface area contributed by atoms with Crippen LogP contribution in [0.15, 0.2) is 23.6 Å². The van der Waals surface area contributed by atoms with Crippen molar-refractivity contribution in [1.82, 2.24) is 4.98 Å². The first-order valence-corrected chi connectivity index (χ1v) is 8.93. The number of nitrogens with zero attached hydrogens (tertiary/aromatic N) is 1. The van der Waals surface area contributed by atoms with Crippen molar-refractivity contribution in [3.8, 4) is 11.3 Å². The maximum atomic E-state index is 13.3. The van der Waals surface area contributed by atoms with Crippen molar-refractivity contribution in [2.45, 2.75) is 19.8 Å². The summed E-state index contributed by atoms with van der Waals surface area (Å²) in [6, 6.07) is 3.65. The number of hydrogen-bond donors (Lipinski definition) is 2. The number of likely N-dealkylation sites (tertiary alicyclic amines) is 1. The summed E-state index contributed by atoms with van der Waals surface area (Å²) in [6.07, 6.45) is 2.39. The lowest BCUT2D eigenvalue weighted by Crippen LogP contribution is -3.14. The predicted octanol–water partition coefficient (Wildman–Crippen LogP) is 2.34. The summed E-state index contributed by atoms with van der Waals surface area (Å²) < 4.78 is 26.3. The van der Waals surface area contributed by atoms with Gasteiger partial charge in [0.15, 0.2) is 23.3 Å². The third kappa shape index (κ3) is 4.15. The lowest BCUT2D eigenvalue weighted by molar-refractivity contribution is -0.900. The van der Waals surface area contributed by atoms with Gasteiger partial charge in [0.05, 0.1) is 18.8 Å². The van der Waals surface area contributed by atoms with Crippen LogP contribution in [-0.2, 0) is 4.79 Å². The van der Waals surface area contributed by atoms with Gasteiger partial charge in [-0.2, -0.15) is 0 Å². The normalized spacial score (nSPS) is 20.8. The lowest BCUT2D eigenvalue weighted by Gasteiger charge is -2.27. The van der Waals surface area contributed by atoms with E-state index < -0.39 is 11.6 Å². The summed E-state index contributed by atoms with van der Waals surface area (Å²) in [5.41, 5.74) is 1.01. The molecule has 0 radical (unpaired) electrons. The zero-order chi connectivity index (χ0) is 17.1. The topological polar surface area (TPSA) is 46.4 Å². The van der Waals surface area contributed by atoms with Crippen molar-refractivity contribution in [2.24, 2.45) is 5.92 Å². The van der Waals surface area contributed by atoms with Crippen molar-refractivity contribution in [3.05, 3.63) is 35.2 Å². The molecule has 1 aliphatic heterocycles. The number of halogens is 2. The van der Waals surface area contributed by atoms with Gasteiger partial charge in [0.2, 0.25) is 0 Å². The van der Waals surface area contributed by atoms with Gasteiger partial charge in [0, 0.05) is 16.9 Å². The summed E-state index contributed by atoms with van der Waals surface area (Å²) in [5.74, 6) is -1.21. The Labute approximate surface area is 143 Å². The molecule has 4 nitrogen and oxygen atoms in total. The van der Waals surface area contributed by atoms with Crippen molar-refractivity contribution in [2.75, 3.05) is 25.0 Å². The Kier molecular flexibility index (Phi) is 5.20. The van der Waals surface area contributed by atoms with E-state index in [0.717, 1.165) is 31.6 Å². The first-order valence-electron chi connectivity index (χ1n) is 8.05. The minimum absolute atomic E-state index is 0.0645. The molecule has 1 aromatic heterocycles. The number of nitrogens with one attached hydrogen (secondary N) is 2. The largest absolute Gasteiger partial charge is 0.327 e. The summed E-state index contributed by atoms with van der Waals surface area (Å²) in [4.78, 5) is 17.7. The second-order valence-corrected chi connectivity index (χ2v) is 7.20. The Hall–Kier alpha value is -1.86. The van der Waals surface area contributed by atoms with Gasteiger partial charge in [0.25, 0.3) is 5.91 Å². The average molecular weight is 352 g/mol. The van der Waals surface area contributed by atoms with E-state index in [1.54, 1.807) is 5.38 Å². The Bertz CT molecular complexity index is 734. The SMILES string of the molecule is C[C@@H]1CCC[NH+](CC(=O)Nc2nc(-c3ccc(F)c(F)c3)cs2)C1. The number of aromatic nitrogens is 1. The molecule has 0 spiro atoms. The molecule has 1 unspecified atom stereocenters. The molecule has 0 saturated carbocycles. The summed E-state index contributed by atoms with van der Waals surface area (Å²) >= 11 is 1.28. The minimum atomic E-state index is -0.908. The number of anilines is 1. The van der Waals surface area contributed by atoms with Crippen molar-refractivity contribution >= 4 is 22.4 Å². The van der Waals surface area contributed by atoms with E-state index in [4.69, 9.17) is 0 Å². The van der Waals surface area contributed by atoms with E-state index >= 15 is 0 Å². The van der Waals surface area contributed by atoms with Crippen LogP contribution in [0.3, 0.4) is 0 Å². The molecule has 1 amide bonds. The first-order chi connectivity index (χ1) is 11.5. The van der Waals surface area contributed by atoms with Crippen LogP contribution in [-0.4, -0.2) is 30.5 Å². The van der Waals surface area contributed by atoms with Crippen LogP contribution >= 0.6 is 11.3 Å². The van der Waals surface area contributed by atoms with E-state index in [1.807, 2.05) is 0 Å². The van der Waals surface area contributed by atoms with E-state index in [-0.39, 0.29) is 5.91 Å². The predicted molar refractivity (Wildman–Crippen MR) is 90.1 cm³/mol. The highest BCUT2D eigenvalue weighted by molar-refractivity contribution is 7.14. The molecule has 2 atom stereocenters. The Balaban J connectivity index is 1.61. The zero-order valence-electron chi connectivity index (χ0n) is 13.4. The van der Waals surface area contributed by atoms with Crippen LogP contribution in [0, 0.1) is 17.6 Å². The molecule has 1 aromatic carbocycles. The van der Waals surface area contributed by atoms with Crippen LogP contribution < -0.4 is 10.2 Å². The van der Waals surface area contributed by atoms with E-state index in [0.29, 0.717) is 28.9 Å². The van der Waals surface area contributed by atoms with E-state index in [1.165, 1.54) is 28.7 Å². The highest BCUT2D eigenvalue weighted by Crippen LogP contribution is 2.26. The standard InChI is InChI=1S/C17H19F2N3OS/c1-11-3-2-6-22(8-11)9-16(23)21-17-20-15(10-24-17)12-4-5-13(18)14(19)7-12/h4-5,7,10-11H,2-3,6,8-9H2,1H3,(H,20,21,23)/p+1/t11-/m1/s1. The second kappa shape index (κ2) is 7.36.